The number of aromatic amines is 1. The van der Waals surface area contributed by atoms with Crippen LogP contribution in [-0.2, 0) is 11.3 Å². The molecule has 1 atom stereocenters. The first-order valence-corrected chi connectivity index (χ1v) is 12.5. The summed E-state index contributed by atoms with van der Waals surface area (Å²) < 4.78 is 23.9. The van der Waals surface area contributed by atoms with Gasteiger partial charge in [0.1, 0.15) is 36.3 Å². The van der Waals surface area contributed by atoms with E-state index in [1.807, 2.05) is 72.8 Å². The number of nitrogens with one attached hydrogen (secondary N) is 1. The van der Waals surface area contributed by atoms with Crippen LogP contribution in [0.15, 0.2) is 77.2 Å². The van der Waals surface area contributed by atoms with Gasteiger partial charge < -0.3 is 18.6 Å². The number of oxazole rings is 1. The third-order valence-electron chi connectivity index (χ3n) is 6.27. The maximum atomic E-state index is 8.99. The van der Waals surface area contributed by atoms with E-state index < -0.39 is 6.10 Å². The number of benzene rings is 3. The highest BCUT2D eigenvalue weighted by Gasteiger charge is 2.22. The number of ether oxygens (including phenoxy) is 3. The van der Waals surface area contributed by atoms with E-state index in [9.17, 15) is 0 Å². The normalized spacial score (nSPS) is 11.9. The Hall–Kier alpha value is -5.34. The molecule has 0 saturated carbocycles. The lowest BCUT2D eigenvalue weighted by Gasteiger charge is -2.21. The molecule has 0 aliphatic rings. The van der Waals surface area contributed by atoms with E-state index in [1.165, 1.54) is 0 Å². The van der Waals surface area contributed by atoms with Gasteiger partial charge in [0.05, 0.1) is 23.7 Å². The van der Waals surface area contributed by atoms with Crippen molar-refractivity contribution in [3.05, 3.63) is 89.6 Å². The Morgan fingerprint density at radius 1 is 0.975 bits per heavy atom. The van der Waals surface area contributed by atoms with Gasteiger partial charge in [-0.1, -0.05) is 30.3 Å². The first kappa shape index (κ1) is 25.0. The van der Waals surface area contributed by atoms with E-state index in [2.05, 4.69) is 31.7 Å². The zero-order chi connectivity index (χ0) is 27.3. The topological polar surface area (TPSA) is 145 Å². The number of pyridine rings is 1. The molecule has 1 unspecified atom stereocenters. The van der Waals surface area contributed by atoms with Crippen molar-refractivity contribution in [2.75, 3.05) is 13.7 Å². The van der Waals surface area contributed by atoms with E-state index in [-0.39, 0.29) is 24.7 Å². The molecule has 0 spiro atoms. The summed E-state index contributed by atoms with van der Waals surface area (Å²) >= 11 is 0. The highest BCUT2D eigenvalue weighted by atomic mass is 16.5. The zero-order valence-electron chi connectivity index (χ0n) is 21.4. The molecule has 198 valence electrons. The molecule has 0 saturated heterocycles. The lowest BCUT2D eigenvalue weighted by Crippen LogP contribution is -2.08. The van der Waals surface area contributed by atoms with Gasteiger partial charge >= 0.3 is 0 Å². The molecule has 0 amide bonds. The minimum Gasteiger partial charge on any atom is -0.492 e. The first-order chi connectivity index (χ1) is 19.7. The highest BCUT2D eigenvalue weighted by Crippen LogP contribution is 2.37. The fraction of sp³-hybridized carbons (Fsp3) is 0.172. The number of fused-ring (bicyclic) bond motifs is 2. The summed E-state index contributed by atoms with van der Waals surface area (Å²) in [7, 11) is 1.62. The number of aromatic nitrogens is 6. The van der Waals surface area contributed by atoms with Crippen LogP contribution in [0.2, 0.25) is 0 Å². The number of hydrogen-bond donors (Lipinski definition) is 1. The Labute approximate surface area is 228 Å². The molecular formula is C29H23N7O4. The third kappa shape index (κ3) is 5.16. The van der Waals surface area contributed by atoms with Crippen molar-refractivity contribution in [1.82, 2.24) is 30.6 Å². The van der Waals surface area contributed by atoms with E-state index >= 15 is 0 Å². The molecule has 6 rings (SSSR count). The number of nitriles is 1. The van der Waals surface area contributed by atoms with Crippen molar-refractivity contribution in [3.63, 3.8) is 0 Å². The predicted octanol–water partition coefficient (Wildman–Crippen LogP) is 5.16. The molecule has 0 fully saturated rings. The second-order valence-corrected chi connectivity index (χ2v) is 8.84. The number of nitrogens with zero attached hydrogens (tertiary/aromatic N) is 6. The quantitative estimate of drug-likeness (QED) is 0.234. The van der Waals surface area contributed by atoms with Crippen molar-refractivity contribution in [2.45, 2.75) is 19.1 Å². The summed E-state index contributed by atoms with van der Waals surface area (Å²) in [6.45, 7) is 0.537. The number of methoxy groups -OCH3 is 1. The smallest absolute Gasteiger partial charge is 0.269 e. The van der Waals surface area contributed by atoms with E-state index in [0.717, 1.165) is 27.7 Å². The molecule has 1 N–H and O–H groups in total. The zero-order valence-corrected chi connectivity index (χ0v) is 21.4. The molecular weight excluding hydrogens is 510 g/mol. The number of H-pyrrole nitrogens is 1. The minimum atomic E-state index is -0.525. The highest BCUT2D eigenvalue weighted by molar-refractivity contribution is 5.78. The summed E-state index contributed by atoms with van der Waals surface area (Å²) in [5.41, 5.74) is 4.46. The molecule has 3 heterocycles. The molecule has 3 aromatic heterocycles. The van der Waals surface area contributed by atoms with Crippen molar-refractivity contribution in [3.8, 4) is 29.3 Å². The van der Waals surface area contributed by atoms with Crippen LogP contribution in [0.1, 0.15) is 29.3 Å². The lowest BCUT2D eigenvalue weighted by atomic mass is 9.99. The maximum Gasteiger partial charge on any atom is 0.269 e. The fourth-order valence-corrected chi connectivity index (χ4v) is 4.40. The van der Waals surface area contributed by atoms with Crippen LogP contribution in [0.5, 0.6) is 11.5 Å². The average Bonchev–Trinajstić information content (AvgIpc) is 3.67. The molecule has 11 nitrogen and oxygen atoms in total. The van der Waals surface area contributed by atoms with Gasteiger partial charge in [0.25, 0.3) is 11.7 Å². The minimum absolute atomic E-state index is 0.246. The molecule has 11 heteroatoms. The molecule has 0 radical (unpaired) electrons. The third-order valence-corrected chi connectivity index (χ3v) is 6.27. The standard InChI is InChI=1S/C29H23N7O4/c1-37-27(19-8-11-24-26(15-19)40-29(32-24)28-33-35-36-34-28)22-16-21(10-12-25(22)38-14-4-13-30)39-17-20-9-7-18-5-2-3-6-23(18)31-20/h2-3,5-12,15-16,27H,4,14,17H2,1H3,(H,33,34,35,36). The van der Waals surface area contributed by atoms with Gasteiger partial charge in [0.2, 0.25) is 0 Å². The van der Waals surface area contributed by atoms with Gasteiger partial charge in [-0.15, -0.1) is 10.2 Å². The Bertz CT molecular complexity index is 1810. The van der Waals surface area contributed by atoms with Crippen molar-refractivity contribution in [2.24, 2.45) is 0 Å². The molecule has 0 bridgehead atoms. The number of rotatable bonds is 10. The first-order valence-electron chi connectivity index (χ1n) is 12.5. The van der Waals surface area contributed by atoms with Crippen molar-refractivity contribution in [1.29, 1.82) is 5.26 Å². The Kier molecular flexibility index (Phi) is 6.98. The summed E-state index contributed by atoms with van der Waals surface area (Å²) in [5, 5.41) is 23.9. The van der Waals surface area contributed by atoms with Gasteiger partial charge in [-0.05, 0) is 53.2 Å². The summed E-state index contributed by atoms with van der Waals surface area (Å²) in [5.74, 6) is 1.73. The Morgan fingerprint density at radius 3 is 2.75 bits per heavy atom. The largest absolute Gasteiger partial charge is 0.492 e. The lowest BCUT2D eigenvalue weighted by molar-refractivity contribution is 0.132. The van der Waals surface area contributed by atoms with Crippen LogP contribution in [0.3, 0.4) is 0 Å². The van der Waals surface area contributed by atoms with Gasteiger partial charge in [-0.25, -0.2) is 9.97 Å². The second kappa shape index (κ2) is 11.2. The van der Waals surface area contributed by atoms with Gasteiger partial charge in [0, 0.05) is 18.1 Å². The van der Waals surface area contributed by atoms with E-state index in [1.54, 1.807) is 7.11 Å². The number of hydrogen-bond acceptors (Lipinski definition) is 10. The summed E-state index contributed by atoms with van der Waals surface area (Å²) in [6.07, 6.45) is -0.270. The number of tetrazole rings is 1. The van der Waals surface area contributed by atoms with Crippen LogP contribution in [0.25, 0.3) is 33.7 Å². The molecule has 0 aliphatic heterocycles. The van der Waals surface area contributed by atoms with Gasteiger partial charge in [-0.3, -0.25) is 0 Å². The van der Waals surface area contributed by atoms with Crippen LogP contribution in [0, 0.1) is 11.3 Å². The SMILES string of the molecule is COC(c1ccc2nc(-c3nn[nH]n3)oc2c1)c1cc(OCc2ccc3ccccc3n2)ccc1OCCC#N. The van der Waals surface area contributed by atoms with Crippen LogP contribution >= 0.6 is 0 Å². The Morgan fingerprint density at radius 2 is 1.90 bits per heavy atom. The van der Waals surface area contributed by atoms with Crippen molar-refractivity contribution < 1.29 is 18.6 Å². The monoisotopic (exact) mass is 533 g/mol. The Balaban J connectivity index is 1.30. The summed E-state index contributed by atoms with van der Waals surface area (Å²) in [4.78, 5) is 9.13. The average molecular weight is 534 g/mol. The predicted molar refractivity (Wildman–Crippen MR) is 144 cm³/mol. The summed E-state index contributed by atoms with van der Waals surface area (Å²) in [6, 6.07) is 25.2. The van der Waals surface area contributed by atoms with E-state index in [4.69, 9.17) is 28.9 Å². The van der Waals surface area contributed by atoms with Gasteiger partial charge in [0.15, 0.2) is 5.58 Å². The van der Waals surface area contributed by atoms with Crippen molar-refractivity contribution >= 4 is 22.0 Å². The van der Waals surface area contributed by atoms with Gasteiger partial charge in [-0.2, -0.15) is 10.5 Å². The fourth-order valence-electron chi connectivity index (χ4n) is 4.40. The van der Waals surface area contributed by atoms with Crippen LogP contribution < -0.4 is 9.47 Å². The number of para-hydroxylation sites is 1. The molecule has 0 aliphatic carbocycles. The van der Waals surface area contributed by atoms with E-state index in [0.29, 0.717) is 29.2 Å². The maximum absolute atomic E-state index is 8.99. The molecule has 40 heavy (non-hydrogen) atoms. The molecule has 3 aromatic carbocycles. The second-order valence-electron chi connectivity index (χ2n) is 8.84. The van der Waals surface area contributed by atoms with Crippen LogP contribution in [-0.4, -0.2) is 44.3 Å². The molecule has 6 aromatic rings. The van der Waals surface area contributed by atoms with Crippen LogP contribution in [0.4, 0.5) is 0 Å².